The molecule has 2 nitrogen and oxygen atoms in total. The molecule has 0 radical (unpaired) electrons. The van der Waals surface area contributed by atoms with Crippen LogP contribution in [0.2, 0.25) is 0 Å². The van der Waals surface area contributed by atoms with Gasteiger partial charge in [0.25, 0.3) is 0 Å². The molecule has 0 aliphatic heterocycles. The quantitative estimate of drug-likeness (QED) is 0.709. The largest absolute Gasteiger partial charge is 0.393 e. The van der Waals surface area contributed by atoms with Gasteiger partial charge < -0.3 is 10.2 Å². The fourth-order valence-electron chi connectivity index (χ4n) is 7.41. The van der Waals surface area contributed by atoms with E-state index in [1.54, 1.807) is 0 Å². The second kappa shape index (κ2) is 4.01. The van der Waals surface area contributed by atoms with Gasteiger partial charge in [0.15, 0.2) is 0 Å². The standard InChI is InChI=1S/C18H32O2/c1-15(2)6-12(19)7-18(9-15)11-17(5)8-13(20)14(18)16(3,4)10-17/h12-14,19-20H,6-11H2,1-5H3/t12-,13-,14-,17-,18+/m0/s1. The Bertz CT molecular complexity index is 407. The third kappa shape index (κ3) is 2.14. The first-order valence-corrected chi connectivity index (χ1v) is 8.33. The van der Waals surface area contributed by atoms with Gasteiger partial charge in [-0.1, -0.05) is 34.6 Å². The van der Waals surface area contributed by atoms with Crippen LogP contribution in [-0.2, 0) is 0 Å². The van der Waals surface area contributed by atoms with Crippen LogP contribution in [0.5, 0.6) is 0 Å². The molecule has 0 heterocycles. The van der Waals surface area contributed by atoms with E-state index in [2.05, 4.69) is 34.6 Å². The maximum Gasteiger partial charge on any atom is 0.0584 e. The second-order valence-corrected chi connectivity index (χ2v) is 10.2. The molecule has 116 valence electrons. The Kier molecular flexibility index (Phi) is 2.98. The molecule has 2 N–H and O–H groups in total. The molecule has 20 heavy (non-hydrogen) atoms. The fraction of sp³-hybridized carbons (Fsp3) is 1.00. The van der Waals surface area contributed by atoms with E-state index in [9.17, 15) is 10.2 Å². The van der Waals surface area contributed by atoms with Crippen molar-refractivity contribution in [2.24, 2.45) is 27.6 Å². The van der Waals surface area contributed by atoms with Gasteiger partial charge >= 0.3 is 0 Å². The van der Waals surface area contributed by atoms with E-state index in [4.69, 9.17) is 0 Å². The van der Waals surface area contributed by atoms with Crippen LogP contribution in [0.1, 0.15) is 73.1 Å². The SMILES string of the molecule is CC1(C)C[C@H](O)C[C@@]2(C1)C[C@@]1(C)C[C@H](O)[C@H]2C(C)(C)C1. The molecule has 4 aliphatic rings. The van der Waals surface area contributed by atoms with Crippen LogP contribution < -0.4 is 0 Å². The lowest BCUT2D eigenvalue weighted by Crippen LogP contribution is -2.63. The number of aliphatic hydroxyl groups excluding tert-OH is 2. The Balaban J connectivity index is 2.04. The predicted molar refractivity (Wildman–Crippen MR) is 81.3 cm³/mol. The summed E-state index contributed by atoms with van der Waals surface area (Å²) in [6, 6.07) is 0. The molecule has 4 fully saturated rings. The van der Waals surface area contributed by atoms with Gasteiger partial charge in [0.05, 0.1) is 12.2 Å². The van der Waals surface area contributed by atoms with Gasteiger partial charge in [0.1, 0.15) is 0 Å². The molecule has 4 aliphatic carbocycles. The molecule has 4 rings (SSSR count). The lowest BCUT2D eigenvalue weighted by atomic mass is 9.38. The molecule has 2 bridgehead atoms. The van der Waals surface area contributed by atoms with Crippen LogP contribution in [0, 0.1) is 27.6 Å². The summed E-state index contributed by atoms with van der Waals surface area (Å²) in [5.74, 6) is 0.353. The third-order valence-electron chi connectivity index (χ3n) is 6.51. The Morgan fingerprint density at radius 3 is 1.95 bits per heavy atom. The first-order chi connectivity index (χ1) is 8.97. The lowest BCUT2D eigenvalue weighted by Gasteiger charge is -2.68. The van der Waals surface area contributed by atoms with Crippen molar-refractivity contribution < 1.29 is 10.2 Å². The highest BCUT2D eigenvalue weighted by atomic mass is 16.3. The summed E-state index contributed by atoms with van der Waals surface area (Å²) in [5.41, 5.74) is 0.791. The number of aliphatic hydroxyl groups is 2. The van der Waals surface area contributed by atoms with Crippen LogP contribution in [0.15, 0.2) is 0 Å². The normalized spacial score (nSPS) is 53.2. The van der Waals surface area contributed by atoms with E-state index in [-0.39, 0.29) is 33.9 Å². The summed E-state index contributed by atoms with van der Waals surface area (Å²) in [4.78, 5) is 0. The predicted octanol–water partition coefficient (Wildman–Crippen LogP) is 3.75. The topological polar surface area (TPSA) is 40.5 Å². The minimum Gasteiger partial charge on any atom is -0.393 e. The van der Waals surface area contributed by atoms with E-state index in [0.717, 1.165) is 25.7 Å². The van der Waals surface area contributed by atoms with Crippen molar-refractivity contribution in [3.63, 3.8) is 0 Å². The van der Waals surface area contributed by atoms with Gasteiger partial charge in [-0.2, -0.15) is 0 Å². The lowest BCUT2D eigenvalue weighted by molar-refractivity contribution is -0.225. The zero-order valence-corrected chi connectivity index (χ0v) is 13.9. The summed E-state index contributed by atoms with van der Waals surface area (Å²) in [6.45, 7) is 11.6. The summed E-state index contributed by atoms with van der Waals surface area (Å²) in [7, 11) is 0. The van der Waals surface area contributed by atoms with Crippen molar-refractivity contribution in [1.29, 1.82) is 0 Å². The summed E-state index contributed by atoms with van der Waals surface area (Å²) in [6.07, 6.45) is 5.98. The number of fused-ring (bicyclic) bond motifs is 2. The Morgan fingerprint density at radius 1 is 0.800 bits per heavy atom. The van der Waals surface area contributed by atoms with E-state index >= 15 is 0 Å². The molecule has 5 atom stereocenters. The fourth-order valence-corrected chi connectivity index (χ4v) is 7.41. The molecule has 0 aromatic heterocycles. The van der Waals surface area contributed by atoms with Crippen molar-refractivity contribution in [1.82, 2.24) is 0 Å². The molecule has 4 saturated carbocycles. The van der Waals surface area contributed by atoms with Gasteiger partial charge in [0.2, 0.25) is 0 Å². The van der Waals surface area contributed by atoms with E-state index in [1.807, 2.05) is 0 Å². The molecule has 0 aromatic carbocycles. The Hall–Kier alpha value is -0.0800. The highest BCUT2D eigenvalue weighted by Crippen LogP contribution is 2.70. The summed E-state index contributed by atoms with van der Waals surface area (Å²) >= 11 is 0. The van der Waals surface area contributed by atoms with Gasteiger partial charge in [0, 0.05) is 0 Å². The molecule has 0 saturated heterocycles. The molecule has 0 unspecified atom stereocenters. The van der Waals surface area contributed by atoms with Crippen LogP contribution in [0.4, 0.5) is 0 Å². The summed E-state index contributed by atoms with van der Waals surface area (Å²) in [5, 5.41) is 21.2. The molecule has 1 spiro atoms. The Labute approximate surface area is 124 Å². The number of rotatable bonds is 0. The van der Waals surface area contributed by atoms with Crippen molar-refractivity contribution in [2.75, 3.05) is 0 Å². The van der Waals surface area contributed by atoms with Crippen LogP contribution in [0.3, 0.4) is 0 Å². The van der Waals surface area contributed by atoms with E-state index < -0.39 is 0 Å². The van der Waals surface area contributed by atoms with Crippen LogP contribution >= 0.6 is 0 Å². The molecule has 2 heteroatoms. The molecule has 0 amide bonds. The van der Waals surface area contributed by atoms with E-state index in [1.165, 1.54) is 12.8 Å². The van der Waals surface area contributed by atoms with Crippen molar-refractivity contribution >= 4 is 0 Å². The van der Waals surface area contributed by atoms with Gasteiger partial charge in [-0.3, -0.25) is 0 Å². The smallest absolute Gasteiger partial charge is 0.0584 e. The zero-order valence-electron chi connectivity index (χ0n) is 13.9. The zero-order chi connectivity index (χ0) is 15.0. The van der Waals surface area contributed by atoms with Crippen LogP contribution in [-0.4, -0.2) is 22.4 Å². The maximum absolute atomic E-state index is 10.8. The Morgan fingerprint density at radius 2 is 1.45 bits per heavy atom. The van der Waals surface area contributed by atoms with Gasteiger partial charge in [-0.15, -0.1) is 0 Å². The first kappa shape index (κ1) is 14.8. The maximum atomic E-state index is 10.8. The average molecular weight is 280 g/mol. The van der Waals surface area contributed by atoms with Gasteiger partial charge in [-0.25, -0.2) is 0 Å². The van der Waals surface area contributed by atoms with E-state index in [0.29, 0.717) is 5.92 Å². The van der Waals surface area contributed by atoms with Crippen molar-refractivity contribution in [2.45, 2.75) is 85.4 Å². The molecular formula is C18H32O2. The van der Waals surface area contributed by atoms with Crippen molar-refractivity contribution in [3.05, 3.63) is 0 Å². The molecular weight excluding hydrogens is 248 g/mol. The number of hydrogen-bond donors (Lipinski definition) is 2. The first-order valence-electron chi connectivity index (χ1n) is 8.33. The monoisotopic (exact) mass is 280 g/mol. The van der Waals surface area contributed by atoms with Gasteiger partial charge in [-0.05, 0) is 66.1 Å². The highest BCUT2D eigenvalue weighted by Gasteiger charge is 2.64. The number of hydrogen-bond acceptors (Lipinski definition) is 2. The molecule has 0 aromatic rings. The summed E-state index contributed by atoms with van der Waals surface area (Å²) < 4.78 is 0. The minimum absolute atomic E-state index is 0.148. The van der Waals surface area contributed by atoms with Crippen LogP contribution in [0.25, 0.3) is 0 Å². The average Bonchev–Trinajstić information content (AvgIpc) is 2.04. The minimum atomic E-state index is -0.190. The highest BCUT2D eigenvalue weighted by molar-refractivity contribution is 5.14. The van der Waals surface area contributed by atoms with Crippen molar-refractivity contribution in [3.8, 4) is 0 Å². The third-order valence-corrected chi connectivity index (χ3v) is 6.51. The second-order valence-electron chi connectivity index (χ2n) is 10.2.